The first-order chi connectivity index (χ1) is 10.3. The molecule has 0 heterocycles. The van der Waals surface area contributed by atoms with Crippen molar-refractivity contribution >= 4 is 30.7 Å². The van der Waals surface area contributed by atoms with E-state index >= 15 is 0 Å². The molecule has 3 nitrogen and oxygen atoms in total. The summed E-state index contributed by atoms with van der Waals surface area (Å²) in [5, 5.41) is 0. The van der Waals surface area contributed by atoms with Crippen LogP contribution < -0.4 is 0 Å². The van der Waals surface area contributed by atoms with Crippen LogP contribution in [0.1, 0.15) is 5.56 Å². The zero-order valence-corrected chi connectivity index (χ0v) is 19.1. The molecule has 6 heteroatoms. The SMILES string of the molecule is C[Si](C)(C)OC(O[Si](C)(C)C)=C(O[Si](C)(C)C)c1ccccc1. The summed E-state index contributed by atoms with van der Waals surface area (Å²) in [5.74, 6) is 1.34. The molecule has 1 rings (SSSR count). The molecule has 0 amide bonds. The first-order valence-electron chi connectivity index (χ1n) is 8.14. The van der Waals surface area contributed by atoms with Gasteiger partial charge in [0.15, 0.2) is 5.76 Å². The Morgan fingerprint density at radius 2 is 1.00 bits per heavy atom. The number of benzene rings is 1. The van der Waals surface area contributed by atoms with Gasteiger partial charge >= 0.3 is 0 Å². The van der Waals surface area contributed by atoms with Gasteiger partial charge in [-0.2, -0.15) is 0 Å². The van der Waals surface area contributed by atoms with Gasteiger partial charge in [0, 0.05) is 5.56 Å². The van der Waals surface area contributed by atoms with Crippen LogP contribution in [0.3, 0.4) is 0 Å². The lowest BCUT2D eigenvalue weighted by Gasteiger charge is -2.31. The molecule has 0 atom stereocenters. The van der Waals surface area contributed by atoms with Crippen LogP contribution >= 0.6 is 0 Å². The third kappa shape index (κ3) is 8.43. The Morgan fingerprint density at radius 3 is 1.35 bits per heavy atom. The van der Waals surface area contributed by atoms with Crippen molar-refractivity contribution in [2.75, 3.05) is 0 Å². The van der Waals surface area contributed by atoms with Crippen molar-refractivity contribution in [1.29, 1.82) is 0 Å². The van der Waals surface area contributed by atoms with Crippen LogP contribution in [0, 0.1) is 0 Å². The van der Waals surface area contributed by atoms with E-state index in [1.54, 1.807) is 0 Å². The van der Waals surface area contributed by atoms with E-state index in [0.29, 0.717) is 5.95 Å². The maximum Gasteiger partial charge on any atom is 0.295 e. The number of hydrogen-bond acceptors (Lipinski definition) is 3. The van der Waals surface area contributed by atoms with Crippen molar-refractivity contribution in [1.82, 2.24) is 0 Å². The molecule has 23 heavy (non-hydrogen) atoms. The van der Waals surface area contributed by atoms with E-state index in [9.17, 15) is 0 Å². The van der Waals surface area contributed by atoms with Gasteiger partial charge in [0.1, 0.15) is 0 Å². The zero-order valence-electron chi connectivity index (χ0n) is 16.1. The summed E-state index contributed by atoms with van der Waals surface area (Å²) in [5.41, 5.74) is 1.02. The van der Waals surface area contributed by atoms with E-state index < -0.39 is 25.0 Å². The minimum absolute atomic E-state index is 0.581. The van der Waals surface area contributed by atoms with E-state index in [1.807, 2.05) is 18.2 Å². The Morgan fingerprint density at radius 1 is 0.609 bits per heavy atom. The second kappa shape index (κ2) is 7.27. The highest BCUT2D eigenvalue weighted by molar-refractivity contribution is 6.72. The molecule has 0 saturated heterocycles. The van der Waals surface area contributed by atoms with E-state index in [2.05, 4.69) is 71.1 Å². The minimum atomic E-state index is -1.82. The van der Waals surface area contributed by atoms with Crippen LogP contribution in [0.25, 0.3) is 5.76 Å². The molecule has 1 aromatic carbocycles. The molecule has 0 unspecified atom stereocenters. The molecule has 130 valence electrons. The van der Waals surface area contributed by atoms with Gasteiger partial charge in [-0.25, -0.2) is 0 Å². The predicted molar refractivity (Wildman–Crippen MR) is 107 cm³/mol. The van der Waals surface area contributed by atoms with Crippen LogP contribution in [-0.4, -0.2) is 25.0 Å². The molecular weight excluding hydrogens is 336 g/mol. The average molecular weight is 369 g/mol. The van der Waals surface area contributed by atoms with Gasteiger partial charge in [0.25, 0.3) is 5.95 Å². The monoisotopic (exact) mass is 368 g/mol. The Bertz CT molecular complexity index is 517. The van der Waals surface area contributed by atoms with Crippen LogP contribution in [0.15, 0.2) is 36.3 Å². The first kappa shape index (κ1) is 20.1. The Kier molecular flexibility index (Phi) is 6.34. The van der Waals surface area contributed by atoms with Crippen LogP contribution in [0.4, 0.5) is 0 Å². The van der Waals surface area contributed by atoms with Gasteiger partial charge in [0.05, 0.1) is 0 Å². The summed E-state index contributed by atoms with van der Waals surface area (Å²) in [7, 11) is -5.44. The molecule has 0 saturated carbocycles. The Hall–Kier alpha value is -0.989. The zero-order chi connectivity index (χ0) is 17.9. The second-order valence-electron chi connectivity index (χ2n) is 8.63. The van der Waals surface area contributed by atoms with Gasteiger partial charge in [-0.1, -0.05) is 30.3 Å². The van der Waals surface area contributed by atoms with Crippen molar-refractivity contribution in [2.24, 2.45) is 0 Å². The third-order valence-electron chi connectivity index (χ3n) is 2.43. The van der Waals surface area contributed by atoms with E-state index in [0.717, 1.165) is 11.3 Å². The molecular formula is C17H32O3Si3. The quantitative estimate of drug-likeness (QED) is 0.445. The summed E-state index contributed by atoms with van der Waals surface area (Å²) in [4.78, 5) is 0. The van der Waals surface area contributed by atoms with Gasteiger partial charge in [-0.15, -0.1) is 0 Å². The molecule has 0 aliphatic rings. The largest absolute Gasteiger partial charge is 0.539 e. The summed E-state index contributed by atoms with van der Waals surface area (Å²) in [6, 6.07) is 10.1. The fourth-order valence-corrected chi connectivity index (χ4v) is 4.06. The molecule has 0 aromatic heterocycles. The fraction of sp³-hybridized carbons (Fsp3) is 0.529. The summed E-state index contributed by atoms with van der Waals surface area (Å²) in [6.07, 6.45) is 0. The Balaban J connectivity index is 3.44. The number of hydrogen-bond donors (Lipinski definition) is 0. The maximum atomic E-state index is 6.39. The standard InChI is InChI=1S/C17H32O3Si3/c1-21(2,3)18-16(15-13-11-10-12-14-15)17(19-22(4,5)6)20-23(7,8)9/h10-14H,1-9H3. The van der Waals surface area contributed by atoms with Crippen molar-refractivity contribution in [2.45, 2.75) is 58.9 Å². The van der Waals surface area contributed by atoms with Crippen molar-refractivity contribution in [3.8, 4) is 0 Å². The lowest BCUT2D eigenvalue weighted by molar-refractivity contribution is 0.207. The lowest BCUT2D eigenvalue weighted by Crippen LogP contribution is -2.34. The fourth-order valence-electron chi connectivity index (χ4n) is 1.78. The molecule has 0 aliphatic carbocycles. The van der Waals surface area contributed by atoms with Gasteiger partial charge in [-0.3, -0.25) is 0 Å². The normalized spacial score (nSPS) is 12.6. The number of rotatable bonds is 7. The maximum absolute atomic E-state index is 6.39. The van der Waals surface area contributed by atoms with E-state index in [-0.39, 0.29) is 0 Å². The van der Waals surface area contributed by atoms with Crippen molar-refractivity contribution < 1.29 is 13.3 Å². The van der Waals surface area contributed by atoms with Gasteiger partial charge < -0.3 is 13.3 Å². The van der Waals surface area contributed by atoms with Crippen LogP contribution in [0.2, 0.25) is 58.9 Å². The van der Waals surface area contributed by atoms with Crippen LogP contribution in [0.5, 0.6) is 0 Å². The van der Waals surface area contributed by atoms with Crippen molar-refractivity contribution in [3.63, 3.8) is 0 Å². The third-order valence-corrected chi connectivity index (χ3v) is 4.84. The summed E-state index contributed by atoms with van der Waals surface area (Å²) in [6.45, 7) is 19.5. The highest BCUT2D eigenvalue weighted by Gasteiger charge is 2.30. The summed E-state index contributed by atoms with van der Waals surface area (Å²) >= 11 is 0. The molecule has 0 N–H and O–H groups in total. The van der Waals surface area contributed by atoms with Crippen molar-refractivity contribution in [3.05, 3.63) is 41.8 Å². The molecule has 1 aromatic rings. The molecule has 0 bridgehead atoms. The smallest absolute Gasteiger partial charge is 0.295 e. The first-order valence-corrected chi connectivity index (χ1v) is 18.4. The topological polar surface area (TPSA) is 27.7 Å². The van der Waals surface area contributed by atoms with Gasteiger partial charge in [-0.05, 0) is 58.9 Å². The van der Waals surface area contributed by atoms with E-state index in [1.165, 1.54) is 0 Å². The average Bonchev–Trinajstić information content (AvgIpc) is 2.31. The molecule has 0 radical (unpaired) electrons. The Labute approximate surface area is 145 Å². The lowest BCUT2D eigenvalue weighted by atomic mass is 10.2. The highest BCUT2D eigenvalue weighted by atomic mass is 28.4. The summed E-state index contributed by atoms with van der Waals surface area (Å²) < 4.78 is 19.0. The molecule has 0 spiro atoms. The van der Waals surface area contributed by atoms with E-state index in [4.69, 9.17) is 13.3 Å². The minimum Gasteiger partial charge on any atom is -0.539 e. The highest BCUT2D eigenvalue weighted by Crippen LogP contribution is 2.29. The van der Waals surface area contributed by atoms with Gasteiger partial charge in [0.2, 0.25) is 25.0 Å². The second-order valence-corrected chi connectivity index (χ2v) is 21.9. The van der Waals surface area contributed by atoms with Crippen LogP contribution in [-0.2, 0) is 13.3 Å². The molecule has 0 fully saturated rings. The molecule has 0 aliphatic heterocycles. The predicted octanol–water partition coefficient (Wildman–Crippen LogP) is 5.87.